The van der Waals surface area contributed by atoms with E-state index in [2.05, 4.69) is 30.2 Å². The van der Waals surface area contributed by atoms with Crippen molar-refractivity contribution in [2.75, 3.05) is 5.75 Å². The van der Waals surface area contributed by atoms with Gasteiger partial charge in [0.1, 0.15) is 0 Å². The van der Waals surface area contributed by atoms with Crippen LogP contribution in [0.15, 0.2) is 54.6 Å². The fourth-order valence-electron chi connectivity index (χ4n) is 3.06. The van der Waals surface area contributed by atoms with Crippen LogP contribution in [0.4, 0.5) is 0 Å². The number of aromatic nitrogens is 1. The number of hydrogen-bond donors (Lipinski definition) is 1. The number of carbonyl (C=O) groups is 1. The molecule has 22 heavy (non-hydrogen) atoms. The van der Waals surface area contributed by atoms with Gasteiger partial charge in [0.05, 0.1) is 5.56 Å². The molecule has 0 amide bonds. The largest absolute Gasteiger partial charge is 0.341 e. The van der Waals surface area contributed by atoms with Gasteiger partial charge in [-0.25, -0.2) is 0 Å². The Balaban J connectivity index is 2.26. The number of fused-ring (bicyclic) bond motifs is 1. The molecular weight excluding hydrogens is 290 g/mol. The molecule has 112 valence electrons. The third kappa shape index (κ3) is 2.35. The first-order chi connectivity index (χ1) is 10.6. The van der Waals surface area contributed by atoms with Crippen molar-refractivity contribution >= 4 is 29.3 Å². The van der Waals surface area contributed by atoms with E-state index in [1.807, 2.05) is 55.5 Å². The highest BCUT2D eigenvalue weighted by Gasteiger charge is 2.22. The molecule has 0 aliphatic carbocycles. The molecule has 1 aromatic heterocycles. The SMILES string of the molecule is Cc1c(C(=O)c2ccccc2)c2ccccc2n1C(C)CS. The number of para-hydroxylation sites is 1. The van der Waals surface area contributed by atoms with E-state index in [4.69, 9.17) is 0 Å². The molecule has 2 aromatic carbocycles. The summed E-state index contributed by atoms with van der Waals surface area (Å²) in [5.41, 5.74) is 3.64. The highest BCUT2D eigenvalue weighted by atomic mass is 32.1. The number of hydrogen-bond acceptors (Lipinski definition) is 2. The molecule has 0 N–H and O–H groups in total. The topological polar surface area (TPSA) is 22.0 Å². The van der Waals surface area contributed by atoms with Crippen molar-refractivity contribution in [2.24, 2.45) is 0 Å². The summed E-state index contributed by atoms with van der Waals surface area (Å²) in [7, 11) is 0. The fourth-order valence-corrected chi connectivity index (χ4v) is 3.22. The molecule has 0 saturated carbocycles. The van der Waals surface area contributed by atoms with E-state index in [1.165, 1.54) is 0 Å². The van der Waals surface area contributed by atoms with Crippen LogP contribution < -0.4 is 0 Å². The summed E-state index contributed by atoms with van der Waals surface area (Å²) in [5.74, 6) is 0.817. The highest BCUT2D eigenvalue weighted by molar-refractivity contribution is 7.80. The van der Waals surface area contributed by atoms with Crippen LogP contribution in [0, 0.1) is 6.92 Å². The standard InChI is InChI=1S/C19H19NOS/c1-13(12-22)20-14(2)18(16-10-6-7-11-17(16)20)19(21)15-8-4-3-5-9-15/h3-11,13,22H,12H2,1-2H3. The van der Waals surface area contributed by atoms with Gasteiger partial charge >= 0.3 is 0 Å². The van der Waals surface area contributed by atoms with Gasteiger partial charge in [-0.2, -0.15) is 12.6 Å². The molecule has 2 nitrogen and oxygen atoms in total. The zero-order valence-corrected chi connectivity index (χ0v) is 13.7. The third-order valence-corrected chi connectivity index (χ3v) is 4.65. The molecule has 1 heterocycles. The van der Waals surface area contributed by atoms with E-state index < -0.39 is 0 Å². The lowest BCUT2D eigenvalue weighted by atomic mass is 10.0. The Morgan fingerprint density at radius 3 is 2.41 bits per heavy atom. The molecule has 3 aromatic rings. The lowest BCUT2D eigenvalue weighted by Crippen LogP contribution is -2.10. The lowest BCUT2D eigenvalue weighted by Gasteiger charge is -2.15. The average molecular weight is 309 g/mol. The summed E-state index contributed by atoms with van der Waals surface area (Å²) in [6, 6.07) is 17.8. The molecule has 0 aliphatic heterocycles. The zero-order valence-electron chi connectivity index (χ0n) is 12.8. The molecule has 0 aliphatic rings. The van der Waals surface area contributed by atoms with Crippen molar-refractivity contribution in [1.82, 2.24) is 4.57 Å². The summed E-state index contributed by atoms with van der Waals surface area (Å²) in [6.45, 7) is 4.15. The fraction of sp³-hybridized carbons (Fsp3) is 0.211. The Morgan fingerprint density at radius 1 is 1.09 bits per heavy atom. The van der Waals surface area contributed by atoms with Crippen LogP contribution in [-0.2, 0) is 0 Å². The van der Waals surface area contributed by atoms with Crippen LogP contribution in [0.5, 0.6) is 0 Å². The van der Waals surface area contributed by atoms with E-state index in [0.717, 1.165) is 33.5 Å². The zero-order chi connectivity index (χ0) is 15.7. The van der Waals surface area contributed by atoms with Gasteiger partial charge in [-0.15, -0.1) is 0 Å². The van der Waals surface area contributed by atoms with Gasteiger partial charge < -0.3 is 4.57 Å². The summed E-state index contributed by atoms with van der Waals surface area (Å²) in [6.07, 6.45) is 0. The molecule has 3 heteroatoms. The van der Waals surface area contributed by atoms with Crippen molar-refractivity contribution in [3.63, 3.8) is 0 Å². The van der Waals surface area contributed by atoms with Gasteiger partial charge in [-0.1, -0.05) is 48.5 Å². The number of nitrogens with zero attached hydrogens (tertiary/aromatic N) is 1. The Morgan fingerprint density at radius 2 is 1.73 bits per heavy atom. The average Bonchev–Trinajstić information content (AvgIpc) is 2.86. The first-order valence-electron chi connectivity index (χ1n) is 7.45. The highest BCUT2D eigenvalue weighted by Crippen LogP contribution is 2.31. The van der Waals surface area contributed by atoms with Crippen molar-refractivity contribution in [2.45, 2.75) is 19.9 Å². The summed E-state index contributed by atoms with van der Waals surface area (Å²) < 4.78 is 2.22. The van der Waals surface area contributed by atoms with E-state index in [1.54, 1.807) is 0 Å². The maximum atomic E-state index is 13.0. The predicted octanol–water partition coefficient (Wildman–Crippen LogP) is 4.67. The Labute approximate surface area is 136 Å². The minimum atomic E-state index is 0.0828. The second-order valence-corrected chi connectivity index (χ2v) is 5.94. The quantitative estimate of drug-likeness (QED) is 0.549. The predicted molar refractivity (Wildman–Crippen MR) is 95.1 cm³/mol. The number of ketones is 1. The van der Waals surface area contributed by atoms with Gasteiger partial charge in [-0.05, 0) is 19.9 Å². The van der Waals surface area contributed by atoms with E-state index in [-0.39, 0.29) is 11.8 Å². The van der Waals surface area contributed by atoms with Crippen molar-refractivity contribution < 1.29 is 4.79 Å². The minimum absolute atomic E-state index is 0.0828. The van der Waals surface area contributed by atoms with Gasteiger partial charge in [-0.3, -0.25) is 4.79 Å². The van der Waals surface area contributed by atoms with Crippen molar-refractivity contribution in [3.05, 3.63) is 71.4 Å². The first kappa shape index (κ1) is 14.9. The maximum Gasteiger partial charge on any atom is 0.195 e. The first-order valence-corrected chi connectivity index (χ1v) is 8.08. The van der Waals surface area contributed by atoms with Crippen LogP contribution in [0.25, 0.3) is 10.9 Å². The normalized spacial score (nSPS) is 12.5. The molecule has 0 bridgehead atoms. The Bertz CT molecular complexity index is 820. The minimum Gasteiger partial charge on any atom is -0.341 e. The smallest absolute Gasteiger partial charge is 0.195 e. The van der Waals surface area contributed by atoms with E-state index in [0.29, 0.717) is 0 Å². The summed E-state index contributed by atoms with van der Waals surface area (Å²) in [5, 5.41) is 1.02. The number of rotatable bonds is 4. The molecule has 0 spiro atoms. The van der Waals surface area contributed by atoms with Crippen LogP contribution in [-0.4, -0.2) is 16.1 Å². The monoisotopic (exact) mass is 309 g/mol. The number of thiol groups is 1. The Kier molecular flexibility index (Phi) is 4.08. The van der Waals surface area contributed by atoms with Crippen molar-refractivity contribution in [3.8, 4) is 0 Å². The second kappa shape index (κ2) is 6.01. The van der Waals surface area contributed by atoms with Gasteiger partial charge in [0.15, 0.2) is 5.78 Å². The molecule has 3 rings (SSSR count). The van der Waals surface area contributed by atoms with Crippen LogP contribution in [0.2, 0.25) is 0 Å². The van der Waals surface area contributed by atoms with Gasteiger partial charge in [0.25, 0.3) is 0 Å². The van der Waals surface area contributed by atoms with E-state index in [9.17, 15) is 4.79 Å². The summed E-state index contributed by atoms with van der Waals surface area (Å²) >= 11 is 4.42. The van der Waals surface area contributed by atoms with E-state index >= 15 is 0 Å². The van der Waals surface area contributed by atoms with Gasteiger partial charge in [0, 0.05) is 34.0 Å². The van der Waals surface area contributed by atoms with Gasteiger partial charge in [0.2, 0.25) is 0 Å². The molecule has 0 radical (unpaired) electrons. The molecule has 1 unspecified atom stereocenters. The molecule has 1 atom stereocenters. The van der Waals surface area contributed by atoms with Crippen molar-refractivity contribution in [1.29, 1.82) is 0 Å². The second-order valence-electron chi connectivity index (χ2n) is 5.57. The molecule has 0 saturated heterocycles. The van der Waals surface area contributed by atoms with Crippen LogP contribution >= 0.6 is 12.6 Å². The van der Waals surface area contributed by atoms with Crippen LogP contribution in [0.3, 0.4) is 0 Å². The third-order valence-electron chi connectivity index (χ3n) is 4.12. The molecule has 0 fully saturated rings. The molecular formula is C19H19NOS. The summed E-state index contributed by atoms with van der Waals surface area (Å²) in [4.78, 5) is 13.0. The Hall–Kier alpha value is -2.00. The lowest BCUT2D eigenvalue weighted by molar-refractivity contribution is 0.103. The number of benzene rings is 2. The van der Waals surface area contributed by atoms with Crippen LogP contribution in [0.1, 0.15) is 34.6 Å². The number of carbonyl (C=O) groups excluding carboxylic acids is 1. The maximum absolute atomic E-state index is 13.0.